The van der Waals surface area contributed by atoms with Crippen molar-refractivity contribution in [2.45, 2.75) is 19.8 Å². The molecular formula is C19H19N3O3. The molecule has 6 nitrogen and oxygen atoms in total. The molecule has 0 saturated carbocycles. The van der Waals surface area contributed by atoms with E-state index in [1.807, 2.05) is 18.2 Å². The summed E-state index contributed by atoms with van der Waals surface area (Å²) in [5.74, 6) is 0.726. The molecule has 0 spiro atoms. The second kappa shape index (κ2) is 8.60. The van der Waals surface area contributed by atoms with Crippen LogP contribution in [0.4, 0.5) is 0 Å². The van der Waals surface area contributed by atoms with Crippen molar-refractivity contribution < 1.29 is 14.3 Å². The van der Waals surface area contributed by atoms with Crippen molar-refractivity contribution in [1.82, 2.24) is 9.88 Å². The van der Waals surface area contributed by atoms with Crippen LogP contribution >= 0.6 is 0 Å². The van der Waals surface area contributed by atoms with Crippen LogP contribution in [0.1, 0.15) is 24.5 Å². The minimum Gasteiger partial charge on any atom is -0.438 e. The van der Waals surface area contributed by atoms with Gasteiger partial charge in [-0.15, -0.1) is 0 Å². The van der Waals surface area contributed by atoms with Crippen LogP contribution in [-0.2, 0) is 16.0 Å². The van der Waals surface area contributed by atoms with E-state index in [2.05, 4.69) is 4.98 Å². The Labute approximate surface area is 146 Å². The predicted molar refractivity (Wildman–Crippen MR) is 92.1 cm³/mol. The van der Waals surface area contributed by atoms with Crippen molar-refractivity contribution in [3.8, 4) is 17.7 Å². The number of Topliss-reactive ketones (excluding diaryl/α,β-unsaturated/α-hetero) is 1. The lowest BCUT2D eigenvalue weighted by atomic mass is 10.1. The van der Waals surface area contributed by atoms with Crippen molar-refractivity contribution in [2.24, 2.45) is 0 Å². The Morgan fingerprint density at radius 2 is 1.96 bits per heavy atom. The molecule has 0 unspecified atom stereocenters. The maximum Gasteiger partial charge on any atom is 0.237 e. The van der Waals surface area contributed by atoms with Crippen molar-refractivity contribution in [3.63, 3.8) is 0 Å². The molecule has 1 heterocycles. The molecule has 0 saturated heterocycles. The van der Waals surface area contributed by atoms with Crippen LogP contribution in [0, 0.1) is 11.3 Å². The Morgan fingerprint density at radius 1 is 1.24 bits per heavy atom. The number of amides is 1. The molecule has 0 fully saturated rings. The smallest absolute Gasteiger partial charge is 0.237 e. The molecular weight excluding hydrogens is 318 g/mol. The predicted octanol–water partition coefficient (Wildman–Crippen LogP) is 2.73. The molecule has 0 N–H and O–H groups in total. The first kappa shape index (κ1) is 18.1. The second-order valence-electron chi connectivity index (χ2n) is 5.67. The second-order valence-corrected chi connectivity index (χ2v) is 5.67. The maximum absolute atomic E-state index is 11.9. The Hall–Kier alpha value is -3.20. The quantitative estimate of drug-likeness (QED) is 0.776. The van der Waals surface area contributed by atoms with Gasteiger partial charge < -0.3 is 9.64 Å². The number of hydrogen-bond acceptors (Lipinski definition) is 5. The lowest BCUT2D eigenvalue weighted by Gasteiger charge is -2.15. The van der Waals surface area contributed by atoms with E-state index >= 15 is 0 Å². The molecule has 1 aromatic heterocycles. The number of benzene rings is 1. The fourth-order valence-electron chi connectivity index (χ4n) is 2.26. The average Bonchev–Trinajstić information content (AvgIpc) is 2.60. The monoisotopic (exact) mass is 337 g/mol. The Balaban J connectivity index is 1.93. The zero-order valence-corrected chi connectivity index (χ0v) is 14.2. The minimum atomic E-state index is -0.0670. The van der Waals surface area contributed by atoms with E-state index in [-0.39, 0.29) is 24.1 Å². The molecule has 6 heteroatoms. The summed E-state index contributed by atoms with van der Waals surface area (Å²) in [7, 11) is 1.63. The summed E-state index contributed by atoms with van der Waals surface area (Å²) in [4.78, 5) is 28.5. The molecule has 0 aliphatic heterocycles. The Bertz CT molecular complexity index is 794. The third kappa shape index (κ3) is 5.43. The summed E-state index contributed by atoms with van der Waals surface area (Å²) in [6.07, 6.45) is 2.48. The van der Waals surface area contributed by atoms with Gasteiger partial charge in [-0.25, -0.2) is 4.98 Å². The highest BCUT2D eigenvalue weighted by molar-refractivity contribution is 5.84. The molecule has 0 bridgehead atoms. The summed E-state index contributed by atoms with van der Waals surface area (Å²) in [5, 5.41) is 9.03. The number of likely N-dealkylation sites (N-methyl/N-ethyl adjacent to an activating group) is 1. The van der Waals surface area contributed by atoms with Crippen molar-refractivity contribution in [3.05, 3.63) is 53.7 Å². The van der Waals surface area contributed by atoms with E-state index in [1.54, 1.807) is 37.5 Å². The van der Waals surface area contributed by atoms with E-state index < -0.39 is 0 Å². The number of pyridine rings is 1. The summed E-state index contributed by atoms with van der Waals surface area (Å²) < 4.78 is 5.62. The Morgan fingerprint density at radius 3 is 2.60 bits per heavy atom. The number of carbonyl (C=O) groups excluding carboxylic acids is 2. The molecule has 2 rings (SSSR count). The fraction of sp³-hybridized carbons (Fsp3) is 0.263. The maximum atomic E-state index is 11.9. The molecule has 0 aliphatic carbocycles. The molecule has 1 aromatic carbocycles. The van der Waals surface area contributed by atoms with Crippen LogP contribution in [0.3, 0.4) is 0 Å². The van der Waals surface area contributed by atoms with Gasteiger partial charge in [0.1, 0.15) is 23.2 Å². The van der Waals surface area contributed by atoms with Gasteiger partial charge in [-0.2, -0.15) is 5.26 Å². The zero-order valence-electron chi connectivity index (χ0n) is 14.2. The van der Waals surface area contributed by atoms with Crippen LogP contribution in [0.2, 0.25) is 0 Å². The number of hydrogen-bond donors (Lipinski definition) is 0. The molecule has 25 heavy (non-hydrogen) atoms. The van der Waals surface area contributed by atoms with Gasteiger partial charge in [0.2, 0.25) is 11.8 Å². The number of nitriles is 1. The minimum absolute atomic E-state index is 0.0383. The number of nitrogens with zero attached hydrogens (tertiary/aromatic N) is 3. The third-order valence-electron chi connectivity index (χ3n) is 3.54. The Kier molecular flexibility index (Phi) is 6.24. The molecule has 0 aliphatic rings. The van der Waals surface area contributed by atoms with Gasteiger partial charge in [0, 0.05) is 19.7 Å². The van der Waals surface area contributed by atoms with Gasteiger partial charge in [-0.05, 0) is 43.2 Å². The van der Waals surface area contributed by atoms with Crippen LogP contribution in [0.15, 0.2) is 42.6 Å². The summed E-state index contributed by atoms with van der Waals surface area (Å²) in [5.41, 5.74) is 1.35. The topological polar surface area (TPSA) is 83.3 Å². The lowest BCUT2D eigenvalue weighted by molar-refractivity contribution is -0.133. The lowest BCUT2D eigenvalue weighted by Crippen LogP contribution is -2.31. The molecule has 128 valence electrons. The largest absolute Gasteiger partial charge is 0.438 e. The van der Waals surface area contributed by atoms with E-state index in [0.29, 0.717) is 24.2 Å². The first-order chi connectivity index (χ1) is 12.0. The van der Waals surface area contributed by atoms with Crippen molar-refractivity contribution in [2.75, 3.05) is 13.6 Å². The highest BCUT2D eigenvalue weighted by Gasteiger charge is 2.11. The van der Waals surface area contributed by atoms with Gasteiger partial charge in [0.15, 0.2) is 0 Å². The van der Waals surface area contributed by atoms with Gasteiger partial charge in [-0.3, -0.25) is 9.59 Å². The van der Waals surface area contributed by atoms with Crippen molar-refractivity contribution >= 4 is 11.7 Å². The van der Waals surface area contributed by atoms with Gasteiger partial charge >= 0.3 is 0 Å². The highest BCUT2D eigenvalue weighted by atomic mass is 16.5. The third-order valence-corrected chi connectivity index (χ3v) is 3.54. The number of ether oxygens (including phenoxy) is 1. The number of rotatable bonds is 7. The van der Waals surface area contributed by atoms with E-state index in [1.165, 1.54) is 11.8 Å². The molecule has 1 amide bonds. The van der Waals surface area contributed by atoms with Crippen LogP contribution in [0.5, 0.6) is 11.6 Å². The molecule has 0 radical (unpaired) electrons. The SMILES string of the molecule is CC(=O)CN(C)C(=O)CCc1ccc(Oc2ncccc2C#N)cc1. The first-order valence-corrected chi connectivity index (χ1v) is 7.85. The standard InChI is InChI=1S/C19H19N3O3/c1-14(23)13-22(2)18(24)10-7-15-5-8-17(9-6-15)25-19-16(12-20)4-3-11-21-19/h3-6,8-9,11H,7,10,13H2,1-2H3. The van der Waals surface area contributed by atoms with Crippen LogP contribution < -0.4 is 4.74 Å². The number of carbonyl (C=O) groups is 2. The average molecular weight is 337 g/mol. The van der Waals surface area contributed by atoms with Crippen LogP contribution in [-0.4, -0.2) is 35.2 Å². The zero-order chi connectivity index (χ0) is 18.2. The van der Waals surface area contributed by atoms with E-state index in [9.17, 15) is 9.59 Å². The summed E-state index contributed by atoms with van der Waals surface area (Å²) >= 11 is 0. The van der Waals surface area contributed by atoms with E-state index in [0.717, 1.165) is 5.56 Å². The number of aromatic nitrogens is 1. The van der Waals surface area contributed by atoms with Crippen LogP contribution in [0.25, 0.3) is 0 Å². The van der Waals surface area contributed by atoms with Gasteiger partial charge in [-0.1, -0.05) is 12.1 Å². The molecule has 0 atom stereocenters. The fourth-order valence-corrected chi connectivity index (χ4v) is 2.26. The number of ketones is 1. The van der Waals surface area contributed by atoms with E-state index in [4.69, 9.17) is 10.00 Å². The molecule has 2 aromatic rings. The summed E-state index contributed by atoms with van der Waals surface area (Å²) in [6, 6.07) is 12.6. The summed E-state index contributed by atoms with van der Waals surface area (Å²) in [6.45, 7) is 1.60. The normalized spacial score (nSPS) is 9.96. The van der Waals surface area contributed by atoms with Gasteiger partial charge in [0.25, 0.3) is 0 Å². The first-order valence-electron chi connectivity index (χ1n) is 7.85. The highest BCUT2D eigenvalue weighted by Crippen LogP contribution is 2.22. The van der Waals surface area contributed by atoms with Gasteiger partial charge in [0.05, 0.1) is 6.54 Å². The number of aryl methyl sites for hydroxylation is 1. The van der Waals surface area contributed by atoms with Crippen molar-refractivity contribution in [1.29, 1.82) is 5.26 Å².